The van der Waals surface area contributed by atoms with Gasteiger partial charge in [0.05, 0.1) is 0 Å². The van der Waals surface area contributed by atoms with Gasteiger partial charge in [0.25, 0.3) is 0 Å². The van der Waals surface area contributed by atoms with Crippen LogP contribution in [0, 0.1) is 0 Å². The maximum Gasteiger partial charge on any atom is 0.0446 e. The van der Waals surface area contributed by atoms with Gasteiger partial charge in [-0.1, -0.05) is 6.07 Å². The van der Waals surface area contributed by atoms with Crippen LogP contribution in [0.3, 0.4) is 0 Å². The maximum absolute atomic E-state index is 5.79. The molecule has 1 heterocycles. The molecule has 0 radical (unpaired) electrons. The number of nitrogens with zero attached hydrogens (tertiary/aromatic N) is 1. The first-order chi connectivity index (χ1) is 5.88. The van der Waals surface area contributed by atoms with E-state index in [1.807, 2.05) is 18.2 Å². The average molecular weight is 185 g/mol. The molecule has 1 rings (SSSR count). The third-order valence-electron chi connectivity index (χ3n) is 1.81. The van der Waals surface area contributed by atoms with Gasteiger partial charge in [-0.3, -0.25) is 4.98 Å². The Hall–Kier alpha value is -0.600. The van der Waals surface area contributed by atoms with Gasteiger partial charge < -0.3 is 5.73 Å². The number of rotatable bonds is 4. The molecule has 0 spiro atoms. The topological polar surface area (TPSA) is 38.9 Å². The van der Waals surface area contributed by atoms with Crippen LogP contribution in [0.4, 0.5) is 0 Å². The minimum Gasteiger partial charge on any atom is -0.330 e. The Bertz CT molecular complexity index is 213. The van der Waals surface area contributed by atoms with Crippen LogP contribution in [0.2, 0.25) is 0 Å². The quantitative estimate of drug-likeness (QED) is 0.725. The number of hydrogen-bond acceptors (Lipinski definition) is 2. The second kappa shape index (κ2) is 5.12. The van der Waals surface area contributed by atoms with E-state index in [1.54, 1.807) is 6.20 Å². The van der Waals surface area contributed by atoms with Crippen molar-refractivity contribution >= 4 is 11.6 Å². The summed E-state index contributed by atoms with van der Waals surface area (Å²) in [5, 5.41) is 0. The molecule has 2 nitrogen and oxygen atoms in total. The lowest BCUT2D eigenvalue weighted by Gasteiger charge is -2.10. The Labute approximate surface area is 77.8 Å². The minimum atomic E-state index is 0.304. The molecule has 0 saturated heterocycles. The van der Waals surface area contributed by atoms with Gasteiger partial charge in [0.2, 0.25) is 0 Å². The van der Waals surface area contributed by atoms with Gasteiger partial charge >= 0.3 is 0 Å². The standard InChI is InChI=1S/C9H13ClN2/c10-7-8(4-5-11)9-3-1-2-6-12-9/h1-3,6,8H,4-5,7,11H2. The van der Waals surface area contributed by atoms with Crippen molar-refractivity contribution in [3.05, 3.63) is 30.1 Å². The molecule has 0 aliphatic rings. The van der Waals surface area contributed by atoms with E-state index in [2.05, 4.69) is 4.98 Å². The van der Waals surface area contributed by atoms with Gasteiger partial charge in [0.15, 0.2) is 0 Å². The van der Waals surface area contributed by atoms with Crippen molar-refractivity contribution in [3.8, 4) is 0 Å². The molecule has 0 aliphatic carbocycles. The summed E-state index contributed by atoms with van der Waals surface area (Å²) in [7, 11) is 0. The summed E-state index contributed by atoms with van der Waals surface area (Å²) in [5.41, 5.74) is 6.50. The van der Waals surface area contributed by atoms with E-state index in [0.29, 0.717) is 18.3 Å². The zero-order valence-electron chi connectivity index (χ0n) is 6.91. The van der Waals surface area contributed by atoms with E-state index in [1.165, 1.54) is 0 Å². The van der Waals surface area contributed by atoms with Crippen LogP contribution in [0.25, 0.3) is 0 Å². The first-order valence-electron chi connectivity index (χ1n) is 4.05. The van der Waals surface area contributed by atoms with Crippen molar-refractivity contribution in [2.24, 2.45) is 5.73 Å². The van der Waals surface area contributed by atoms with Crippen molar-refractivity contribution in [3.63, 3.8) is 0 Å². The predicted octanol–water partition coefficient (Wildman–Crippen LogP) is 1.75. The van der Waals surface area contributed by atoms with Gasteiger partial charge in [0.1, 0.15) is 0 Å². The summed E-state index contributed by atoms with van der Waals surface area (Å²) in [6.45, 7) is 0.661. The molecule has 2 N–H and O–H groups in total. The third-order valence-corrected chi connectivity index (χ3v) is 2.18. The number of nitrogens with two attached hydrogens (primary N) is 1. The van der Waals surface area contributed by atoms with Crippen LogP contribution in [0.1, 0.15) is 18.0 Å². The van der Waals surface area contributed by atoms with Crippen LogP contribution < -0.4 is 5.73 Å². The van der Waals surface area contributed by atoms with Crippen molar-refractivity contribution in [2.45, 2.75) is 12.3 Å². The summed E-state index contributed by atoms with van der Waals surface area (Å²) >= 11 is 5.79. The fourth-order valence-electron chi connectivity index (χ4n) is 1.12. The molecule has 1 atom stereocenters. The number of halogens is 1. The Morgan fingerprint density at radius 1 is 1.50 bits per heavy atom. The lowest BCUT2D eigenvalue weighted by atomic mass is 10.0. The van der Waals surface area contributed by atoms with Gasteiger partial charge in [0, 0.05) is 23.7 Å². The Kier molecular flexibility index (Phi) is 4.05. The molecule has 0 aliphatic heterocycles. The molecule has 1 aromatic heterocycles. The first kappa shape index (κ1) is 9.49. The van der Waals surface area contributed by atoms with Crippen LogP contribution in [-0.2, 0) is 0 Å². The zero-order chi connectivity index (χ0) is 8.81. The molecule has 0 fully saturated rings. The molecule has 0 saturated carbocycles. The van der Waals surface area contributed by atoms with Gasteiger partial charge in [-0.15, -0.1) is 11.6 Å². The molecule has 0 amide bonds. The average Bonchev–Trinajstić information content (AvgIpc) is 2.15. The van der Waals surface area contributed by atoms with Crippen LogP contribution in [0.5, 0.6) is 0 Å². The van der Waals surface area contributed by atoms with E-state index >= 15 is 0 Å². The molecular formula is C9H13ClN2. The Balaban J connectivity index is 2.66. The predicted molar refractivity (Wildman–Crippen MR) is 51.4 cm³/mol. The van der Waals surface area contributed by atoms with E-state index in [-0.39, 0.29) is 0 Å². The smallest absolute Gasteiger partial charge is 0.0446 e. The van der Waals surface area contributed by atoms with Crippen LogP contribution in [-0.4, -0.2) is 17.4 Å². The Morgan fingerprint density at radius 2 is 2.33 bits per heavy atom. The monoisotopic (exact) mass is 184 g/mol. The highest BCUT2D eigenvalue weighted by atomic mass is 35.5. The maximum atomic E-state index is 5.79. The fraction of sp³-hybridized carbons (Fsp3) is 0.444. The van der Waals surface area contributed by atoms with Gasteiger partial charge in [-0.05, 0) is 25.1 Å². The molecular weight excluding hydrogens is 172 g/mol. The highest BCUT2D eigenvalue weighted by Gasteiger charge is 2.09. The summed E-state index contributed by atoms with van der Waals surface area (Å²) in [6.07, 6.45) is 2.69. The zero-order valence-corrected chi connectivity index (χ0v) is 7.67. The normalized spacial score (nSPS) is 12.8. The van der Waals surface area contributed by atoms with Gasteiger partial charge in [-0.25, -0.2) is 0 Å². The lowest BCUT2D eigenvalue weighted by Crippen LogP contribution is -2.09. The summed E-state index contributed by atoms with van der Waals surface area (Å²) in [5.74, 6) is 0.895. The SMILES string of the molecule is NCCC(CCl)c1ccccn1. The van der Waals surface area contributed by atoms with Crippen LogP contribution >= 0.6 is 11.6 Å². The first-order valence-corrected chi connectivity index (χ1v) is 4.59. The van der Waals surface area contributed by atoms with E-state index < -0.39 is 0 Å². The largest absolute Gasteiger partial charge is 0.330 e. The summed E-state index contributed by atoms with van der Waals surface area (Å²) in [4.78, 5) is 4.23. The van der Waals surface area contributed by atoms with Crippen molar-refractivity contribution in [1.29, 1.82) is 0 Å². The molecule has 0 bridgehead atoms. The highest BCUT2D eigenvalue weighted by Crippen LogP contribution is 2.17. The van der Waals surface area contributed by atoms with Crippen molar-refractivity contribution in [2.75, 3.05) is 12.4 Å². The third kappa shape index (κ3) is 2.47. The van der Waals surface area contributed by atoms with Crippen LogP contribution in [0.15, 0.2) is 24.4 Å². The second-order valence-electron chi connectivity index (χ2n) is 2.68. The van der Waals surface area contributed by atoms with Crippen molar-refractivity contribution in [1.82, 2.24) is 4.98 Å². The molecule has 3 heteroatoms. The van der Waals surface area contributed by atoms with Gasteiger partial charge in [-0.2, -0.15) is 0 Å². The lowest BCUT2D eigenvalue weighted by molar-refractivity contribution is 0.676. The summed E-state index contributed by atoms with van der Waals surface area (Å²) in [6, 6.07) is 5.86. The molecule has 1 aromatic rings. The van der Waals surface area contributed by atoms with Crippen molar-refractivity contribution < 1.29 is 0 Å². The molecule has 1 unspecified atom stereocenters. The number of aromatic nitrogens is 1. The molecule has 0 aromatic carbocycles. The second-order valence-corrected chi connectivity index (χ2v) is 2.99. The number of alkyl halides is 1. The molecule has 12 heavy (non-hydrogen) atoms. The Morgan fingerprint density at radius 3 is 2.83 bits per heavy atom. The fourth-order valence-corrected chi connectivity index (χ4v) is 1.44. The van der Waals surface area contributed by atoms with E-state index in [4.69, 9.17) is 17.3 Å². The highest BCUT2D eigenvalue weighted by molar-refractivity contribution is 6.18. The summed E-state index contributed by atoms with van der Waals surface area (Å²) < 4.78 is 0. The van der Waals surface area contributed by atoms with E-state index in [0.717, 1.165) is 12.1 Å². The minimum absolute atomic E-state index is 0.304. The number of pyridine rings is 1. The molecule has 66 valence electrons. The van der Waals surface area contributed by atoms with E-state index in [9.17, 15) is 0 Å². The number of hydrogen-bond donors (Lipinski definition) is 1.